The van der Waals surface area contributed by atoms with Crippen LogP contribution in [-0.4, -0.2) is 65.7 Å². The molecule has 128 valence electrons. The summed E-state index contributed by atoms with van der Waals surface area (Å²) in [7, 11) is 0. The molecule has 1 saturated heterocycles. The third-order valence-electron chi connectivity index (χ3n) is 4.78. The van der Waals surface area contributed by atoms with Crippen LogP contribution in [0, 0.1) is 0 Å². The average Bonchev–Trinajstić information content (AvgIpc) is 2.61. The molecular formula is C18H29N3O2. The zero-order valence-electron chi connectivity index (χ0n) is 14.2. The molecular weight excluding hydrogens is 290 g/mol. The van der Waals surface area contributed by atoms with E-state index in [-0.39, 0.29) is 24.6 Å². The summed E-state index contributed by atoms with van der Waals surface area (Å²) in [6.45, 7) is 8.43. The van der Waals surface area contributed by atoms with Crippen molar-refractivity contribution in [3.8, 4) is 0 Å². The minimum Gasteiger partial charge on any atom is -0.395 e. The van der Waals surface area contributed by atoms with E-state index in [9.17, 15) is 9.90 Å². The third kappa shape index (κ3) is 5.03. The predicted molar refractivity (Wildman–Crippen MR) is 92.1 cm³/mol. The number of nitrogens with one attached hydrogen (secondary N) is 1. The van der Waals surface area contributed by atoms with Crippen molar-refractivity contribution in [3.05, 3.63) is 35.9 Å². The molecule has 2 N–H and O–H groups in total. The van der Waals surface area contributed by atoms with E-state index in [2.05, 4.69) is 22.0 Å². The molecule has 0 bridgehead atoms. The van der Waals surface area contributed by atoms with Gasteiger partial charge in [0, 0.05) is 38.8 Å². The van der Waals surface area contributed by atoms with E-state index in [4.69, 9.17) is 0 Å². The lowest BCUT2D eigenvalue weighted by Crippen LogP contribution is -2.56. The number of amides is 1. The lowest BCUT2D eigenvalue weighted by atomic mass is 10.1. The number of benzene rings is 1. The fourth-order valence-electron chi connectivity index (χ4n) is 3.09. The van der Waals surface area contributed by atoms with E-state index < -0.39 is 0 Å². The van der Waals surface area contributed by atoms with Gasteiger partial charge in [-0.05, 0) is 18.9 Å². The normalized spacial score (nSPS) is 19.3. The molecule has 1 aliphatic heterocycles. The van der Waals surface area contributed by atoms with Crippen LogP contribution in [0.15, 0.2) is 30.3 Å². The maximum absolute atomic E-state index is 12.3. The molecule has 0 radical (unpaired) electrons. The van der Waals surface area contributed by atoms with Crippen LogP contribution in [0.2, 0.25) is 0 Å². The molecule has 23 heavy (non-hydrogen) atoms. The Labute approximate surface area is 139 Å². The highest BCUT2D eigenvalue weighted by Crippen LogP contribution is 2.11. The van der Waals surface area contributed by atoms with Crippen molar-refractivity contribution in [2.45, 2.75) is 38.9 Å². The number of nitrogens with zero attached hydrogens (tertiary/aromatic N) is 2. The van der Waals surface area contributed by atoms with Crippen molar-refractivity contribution in [2.75, 3.05) is 32.8 Å². The smallest absolute Gasteiger partial charge is 0.237 e. The second kappa shape index (κ2) is 9.01. The van der Waals surface area contributed by atoms with E-state index in [0.29, 0.717) is 6.54 Å². The van der Waals surface area contributed by atoms with Gasteiger partial charge in [0.2, 0.25) is 5.91 Å². The molecule has 2 atom stereocenters. The van der Waals surface area contributed by atoms with E-state index in [0.717, 1.165) is 38.2 Å². The van der Waals surface area contributed by atoms with Crippen LogP contribution in [0.5, 0.6) is 0 Å². The molecule has 1 heterocycles. The Morgan fingerprint density at radius 2 is 1.78 bits per heavy atom. The Morgan fingerprint density at radius 3 is 2.35 bits per heavy atom. The second-order valence-corrected chi connectivity index (χ2v) is 6.20. The second-order valence-electron chi connectivity index (χ2n) is 6.20. The molecule has 1 amide bonds. The number of piperazine rings is 1. The average molecular weight is 319 g/mol. The fourth-order valence-corrected chi connectivity index (χ4v) is 3.09. The number of aliphatic hydroxyl groups excluding tert-OH is 1. The van der Waals surface area contributed by atoms with E-state index >= 15 is 0 Å². The van der Waals surface area contributed by atoms with E-state index in [1.165, 1.54) is 0 Å². The molecule has 5 heteroatoms. The molecule has 2 rings (SSSR count). The van der Waals surface area contributed by atoms with Crippen molar-refractivity contribution >= 4 is 5.91 Å². The lowest BCUT2D eigenvalue weighted by molar-refractivity contribution is -0.126. The van der Waals surface area contributed by atoms with Crippen LogP contribution in [0.1, 0.15) is 25.8 Å². The van der Waals surface area contributed by atoms with Gasteiger partial charge in [0.15, 0.2) is 0 Å². The number of carbonyl (C=O) groups excluding carboxylic acids is 1. The molecule has 0 aromatic heterocycles. The molecule has 0 spiro atoms. The van der Waals surface area contributed by atoms with Crippen LogP contribution >= 0.6 is 0 Å². The minimum absolute atomic E-state index is 0.0801. The molecule has 1 aromatic carbocycles. The van der Waals surface area contributed by atoms with Gasteiger partial charge in [-0.25, -0.2) is 0 Å². The summed E-state index contributed by atoms with van der Waals surface area (Å²) in [5.74, 6) is 0.0801. The van der Waals surface area contributed by atoms with Gasteiger partial charge in [0.1, 0.15) is 0 Å². The molecule has 1 aromatic rings. The fraction of sp³-hybridized carbons (Fsp3) is 0.611. The van der Waals surface area contributed by atoms with Gasteiger partial charge in [-0.3, -0.25) is 14.6 Å². The Balaban J connectivity index is 1.77. The van der Waals surface area contributed by atoms with E-state index in [1.54, 1.807) is 0 Å². The van der Waals surface area contributed by atoms with Crippen molar-refractivity contribution in [1.82, 2.24) is 15.1 Å². The maximum atomic E-state index is 12.3. The van der Waals surface area contributed by atoms with Crippen molar-refractivity contribution < 1.29 is 9.90 Å². The highest BCUT2D eigenvalue weighted by atomic mass is 16.3. The maximum Gasteiger partial charge on any atom is 0.237 e. The largest absolute Gasteiger partial charge is 0.395 e. The number of rotatable bonds is 7. The number of hydrogen-bond acceptors (Lipinski definition) is 4. The van der Waals surface area contributed by atoms with Crippen LogP contribution in [0.25, 0.3) is 0 Å². The summed E-state index contributed by atoms with van der Waals surface area (Å²) in [4.78, 5) is 16.9. The summed E-state index contributed by atoms with van der Waals surface area (Å²) in [6, 6.07) is 10.1. The first-order valence-electron chi connectivity index (χ1n) is 8.56. The molecule has 1 aliphatic rings. The van der Waals surface area contributed by atoms with Crippen LogP contribution in [-0.2, 0) is 11.3 Å². The Hall–Kier alpha value is -1.43. The molecule has 0 aliphatic carbocycles. The summed E-state index contributed by atoms with van der Waals surface area (Å²) < 4.78 is 0. The topological polar surface area (TPSA) is 55.8 Å². The summed E-state index contributed by atoms with van der Waals surface area (Å²) in [5, 5.41) is 12.4. The van der Waals surface area contributed by atoms with Crippen molar-refractivity contribution in [1.29, 1.82) is 0 Å². The molecule has 0 saturated carbocycles. The van der Waals surface area contributed by atoms with Gasteiger partial charge in [0.25, 0.3) is 0 Å². The van der Waals surface area contributed by atoms with Gasteiger partial charge >= 0.3 is 0 Å². The summed E-state index contributed by atoms with van der Waals surface area (Å²) >= 11 is 0. The lowest BCUT2D eigenvalue weighted by Gasteiger charge is -2.40. The van der Waals surface area contributed by atoms with Crippen molar-refractivity contribution in [3.63, 3.8) is 0 Å². The first-order valence-corrected chi connectivity index (χ1v) is 8.56. The third-order valence-corrected chi connectivity index (χ3v) is 4.78. The van der Waals surface area contributed by atoms with Gasteiger partial charge in [-0.2, -0.15) is 0 Å². The standard InChI is InChI=1S/C18H29N3O2/c1-3-17(14-22)21-11-9-20(10-12-21)15(2)18(23)19-13-16-7-5-4-6-8-16/h4-8,15,17,22H,3,9-14H2,1-2H3,(H,19,23). The predicted octanol–water partition coefficient (Wildman–Crippen LogP) is 1.08. The highest BCUT2D eigenvalue weighted by Gasteiger charge is 2.27. The quantitative estimate of drug-likeness (QED) is 0.790. The summed E-state index contributed by atoms with van der Waals surface area (Å²) in [6.07, 6.45) is 0.962. The molecule has 2 unspecified atom stereocenters. The SMILES string of the molecule is CCC(CO)N1CCN(C(C)C(=O)NCc2ccccc2)CC1. The van der Waals surface area contributed by atoms with Gasteiger partial charge in [0.05, 0.1) is 12.6 Å². The van der Waals surface area contributed by atoms with Gasteiger partial charge in [-0.15, -0.1) is 0 Å². The Kier molecular flexibility index (Phi) is 7.02. The van der Waals surface area contributed by atoms with Crippen LogP contribution in [0.4, 0.5) is 0 Å². The number of aliphatic hydroxyl groups is 1. The van der Waals surface area contributed by atoms with Crippen molar-refractivity contribution in [2.24, 2.45) is 0 Å². The number of carbonyl (C=O) groups is 1. The molecule has 1 fully saturated rings. The van der Waals surface area contributed by atoms with Gasteiger partial charge in [-0.1, -0.05) is 37.3 Å². The van der Waals surface area contributed by atoms with Crippen LogP contribution in [0.3, 0.4) is 0 Å². The molecule has 5 nitrogen and oxygen atoms in total. The Bertz CT molecular complexity index is 468. The first kappa shape index (κ1) is 17.9. The first-order chi connectivity index (χ1) is 11.2. The van der Waals surface area contributed by atoms with E-state index in [1.807, 2.05) is 37.3 Å². The van der Waals surface area contributed by atoms with Crippen LogP contribution < -0.4 is 5.32 Å². The zero-order valence-corrected chi connectivity index (χ0v) is 14.2. The summed E-state index contributed by atoms with van der Waals surface area (Å²) in [5.41, 5.74) is 1.12. The van der Waals surface area contributed by atoms with Gasteiger partial charge < -0.3 is 10.4 Å². The highest BCUT2D eigenvalue weighted by molar-refractivity contribution is 5.81. The minimum atomic E-state index is -0.116. The Morgan fingerprint density at radius 1 is 1.17 bits per heavy atom. The number of hydrogen-bond donors (Lipinski definition) is 2. The zero-order chi connectivity index (χ0) is 16.7. The monoisotopic (exact) mass is 319 g/mol.